The lowest BCUT2D eigenvalue weighted by Crippen LogP contribution is -2.39. The third-order valence-electron chi connectivity index (χ3n) is 8.99. The topological polar surface area (TPSA) is 172 Å². The first-order valence-corrected chi connectivity index (χ1v) is 17.3. The molecule has 0 atom stereocenters. The summed E-state index contributed by atoms with van der Waals surface area (Å²) in [6.45, 7) is 1.24. The zero-order chi connectivity index (χ0) is 39.5. The number of rotatable bonds is 6. The van der Waals surface area contributed by atoms with Crippen molar-refractivity contribution in [2.24, 2.45) is 5.92 Å². The van der Waals surface area contributed by atoms with E-state index in [1.807, 2.05) is 35.4 Å². The molecule has 2 amide bonds. The molecule has 4 aromatic rings. The smallest absolute Gasteiger partial charge is 0.360 e. The number of halogens is 7. The van der Waals surface area contributed by atoms with Gasteiger partial charge in [0.2, 0.25) is 11.9 Å². The van der Waals surface area contributed by atoms with Crippen LogP contribution in [0, 0.1) is 5.92 Å². The van der Waals surface area contributed by atoms with Gasteiger partial charge in [-0.05, 0) is 79.8 Å². The number of aromatic nitrogens is 4. The molecule has 3 aliphatic rings. The number of nitrogens with zero attached hydrogens (tertiary/aromatic N) is 5. The monoisotopic (exact) mass is 792 g/mol. The molecule has 13 nitrogen and oxygen atoms in total. The molecule has 0 spiro atoms. The van der Waals surface area contributed by atoms with Gasteiger partial charge in [0.1, 0.15) is 10.6 Å². The molecule has 2 aliphatic heterocycles. The van der Waals surface area contributed by atoms with Gasteiger partial charge in [0.05, 0.1) is 24.3 Å². The van der Waals surface area contributed by atoms with Crippen molar-refractivity contribution in [3.8, 4) is 0 Å². The second kappa shape index (κ2) is 16.0. The highest BCUT2D eigenvalue weighted by molar-refractivity contribution is 6.41. The van der Waals surface area contributed by atoms with E-state index in [0.29, 0.717) is 54.2 Å². The minimum atomic E-state index is -5.77. The van der Waals surface area contributed by atoms with Crippen LogP contribution in [-0.4, -0.2) is 73.8 Å². The number of piperidine rings is 1. The number of amides is 2. The number of ketones is 2. The predicted octanol–water partition coefficient (Wildman–Crippen LogP) is 7.11. The molecular weight excluding hydrogens is 762 g/mol. The molecule has 1 saturated heterocycles. The highest BCUT2D eigenvalue weighted by Crippen LogP contribution is 2.42. The highest BCUT2D eigenvalue weighted by atomic mass is 35.5. The van der Waals surface area contributed by atoms with Crippen LogP contribution in [0.4, 0.5) is 55.2 Å². The Morgan fingerprint density at radius 1 is 0.873 bits per heavy atom. The molecule has 290 valence electrons. The van der Waals surface area contributed by atoms with E-state index in [0.717, 1.165) is 66.1 Å². The van der Waals surface area contributed by atoms with Crippen molar-refractivity contribution in [1.82, 2.24) is 25.0 Å². The highest BCUT2D eigenvalue weighted by Gasteiger charge is 2.54. The third-order valence-corrected chi connectivity index (χ3v) is 9.27. The van der Waals surface area contributed by atoms with Crippen molar-refractivity contribution in [3.05, 3.63) is 76.5 Å². The Labute approximate surface area is 313 Å². The Morgan fingerprint density at radius 3 is 2.25 bits per heavy atom. The summed E-state index contributed by atoms with van der Waals surface area (Å²) in [4.78, 5) is 60.6. The summed E-state index contributed by atoms with van der Waals surface area (Å²) >= 11 is 6.39. The number of fused-ring (bicyclic) bond motifs is 6. The number of hydrogen-bond donors (Lipinski definition) is 3. The third kappa shape index (κ3) is 9.94. The van der Waals surface area contributed by atoms with Gasteiger partial charge in [0.25, 0.3) is 5.91 Å². The zero-order valence-corrected chi connectivity index (χ0v) is 29.3. The van der Waals surface area contributed by atoms with Crippen molar-refractivity contribution >= 4 is 63.8 Å². The molecule has 55 heavy (non-hydrogen) atoms. The maximum atomic E-state index is 13.2. The first-order valence-electron chi connectivity index (χ1n) is 16.9. The summed E-state index contributed by atoms with van der Waals surface area (Å²) in [5.41, 5.74) is 4.98. The number of likely N-dealkylation sites (tertiary alicyclic amines) is 1. The molecule has 3 N–H and O–H groups in total. The van der Waals surface area contributed by atoms with Gasteiger partial charge in [-0.25, -0.2) is 4.98 Å². The zero-order valence-electron chi connectivity index (χ0n) is 28.6. The Bertz CT molecular complexity index is 2070. The molecule has 7 rings (SSSR count). The lowest BCUT2D eigenvalue weighted by atomic mass is 9.92. The van der Waals surface area contributed by atoms with Crippen LogP contribution >= 0.6 is 11.6 Å². The molecule has 3 aromatic heterocycles. The van der Waals surface area contributed by atoms with Crippen LogP contribution in [0.5, 0.6) is 0 Å². The van der Waals surface area contributed by atoms with E-state index in [4.69, 9.17) is 16.1 Å². The van der Waals surface area contributed by atoms with Gasteiger partial charge in [-0.2, -0.15) is 31.3 Å². The summed E-state index contributed by atoms with van der Waals surface area (Å²) in [6, 6.07) is 7.85. The Morgan fingerprint density at radius 2 is 1.58 bits per heavy atom. The van der Waals surface area contributed by atoms with Crippen molar-refractivity contribution in [2.45, 2.75) is 63.2 Å². The number of aryl methyl sites for hydroxylation is 2. The van der Waals surface area contributed by atoms with E-state index in [1.165, 1.54) is 0 Å². The Kier molecular flexibility index (Phi) is 11.4. The molecule has 0 radical (unpaired) electrons. The van der Waals surface area contributed by atoms with Gasteiger partial charge >= 0.3 is 23.9 Å². The van der Waals surface area contributed by atoms with Gasteiger partial charge < -0.3 is 25.4 Å². The van der Waals surface area contributed by atoms with E-state index >= 15 is 0 Å². The van der Waals surface area contributed by atoms with Gasteiger partial charge in [-0.1, -0.05) is 16.8 Å². The first kappa shape index (κ1) is 39.1. The lowest BCUT2D eigenvalue weighted by Gasteiger charge is -2.31. The van der Waals surface area contributed by atoms with E-state index in [1.54, 1.807) is 18.6 Å². The number of anilines is 5. The van der Waals surface area contributed by atoms with Crippen LogP contribution in [0.1, 0.15) is 65.3 Å². The molecule has 0 unspecified atom stereocenters. The maximum absolute atomic E-state index is 13.2. The largest absolute Gasteiger partial charge is 0.458 e. The summed E-state index contributed by atoms with van der Waals surface area (Å²) < 4.78 is 72.3. The van der Waals surface area contributed by atoms with Gasteiger partial charge in [0.15, 0.2) is 11.6 Å². The van der Waals surface area contributed by atoms with E-state index in [9.17, 15) is 45.5 Å². The van der Waals surface area contributed by atoms with Crippen LogP contribution in [0.2, 0.25) is 5.02 Å². The molecule has 5 heterocycles. The van der Waals surface area contributed by atoms with Crippen molar-refractivity contribution in [2.75, 3.05) is 29.0 Å². The minimum Gasteiger partial charge on any atom is -0.360 e. The van der Waals surface area contributed by atoms with Crippen LogP contribution < -0.4 is 16.0 Å². The molecule has 1 aromatic carbocycles. The summed E-state index contributed by atoms with van der Waals surface area (Å²) in [5, 5.41) is 13.9. The predicted molar refractivity (Wildman–Crippen MR) is 184 cm³/mol. The summed E-state index contributed by atoms with van der Waals surface area (Å²) in [6.07, 6.45) is 0.589. The number of carbonyl (C=O) groups is 4. The summed E-state index contributed by atoms with van der Waals surface area (Å²) in [7, 11) is 0. The molecule has 6 bridgehead atoms. The fraction of sp³-hybridized carbons (Fsp3) is 0.371. The van der Waals surface area contributed by atoms with E-state index in [-0.39, 0.29) is 17.7 Å². The SMILES string of the molecule is O=C(C(=O)C(F)(F)F)C(F)(F)F.O=C(CC1CCN(C(=O)c2cnoc2C2CC2)CC1)Nc1ccc2cc1CCc1cncc(c1)Nc1ncc(Cl)c(n1)N2. The first-order chi connectivity index (χ1) is 26.0. The Balaban J connectivity index is 0.000000372. The number of pyridine rings is 1. The number of nitrogens with one attached hydrogen (secondary N) is 3. The molecular formula is C35H31ClF6N8O5. The normalized spacial score (nSPS) is 15.8. The second-order valence-electron chi connectivity index (χ2n) is 13.1. The average Bonchev–Trinajstić information content (AvgIpc) is 3.87. The average molecular weight is 793 g/mol. The quantitative estimate of drug-likeness (QED) is 0.134. The molecule has 1 saturated carbocycles. The maximum Gasteiger partial charge on any atom is 0.458 e. The van der Waals surface area contributed by atoms with Gasteiger partial charge in [-0.15, -0.1) is 0 Å². The molecule has 2 fully saturated rings. The fourth-order valence-corrected chi connectivity index (χ4v) is 6.17. The number of carbonyl (C=O) groups excluding carboxylic acids is 4. The number of Topliss-reactive ketones (excluding diaryl/α,β-unsaturated/α-hetero) is 2. The lowest BCUT2D eigenvalue weighted by molar-refractivity contribution is -0.193. The van der Waals surface area contributed by atoms with Crippen molar-refractivity contribution in [1.29, 1.82) is 0 Å². The number of benzene rings is 1. The van der Waals surface area contributed by atoms with E-state index < -0.39 is 23.9 Å². The van der Waals surface area contributed by atoms with E-state index in [2.05, 4.69) is 36.1 Å². The van der Waals surface area contributed by atoms with Crippen molar-refractivity contribution < 1.29 is 50.0 Å². The van der Waals surface area contributed by atoms with Crippen LogP contribution in [0.15, 0.2) is 53.6 Å². The standard InChI is InChI=1S/C31H31ClN8O3.C4F6O2/c32-25-17-34-31-37-23-11-19(14-33-15-23)1-2-21-13-22(36-29(25)39-31)5-6-26(21)38-27(41)12-18-7-9-40(10-8-18)30(42)24-16-35-43-28(24)20-3-4-20;5-3(6,7)1(11)2(12)4(8,9)10/h5-6,11,13-18,20H,1-4,7-10,12H2,(H,38,41)(H2,34,36,37,39);. The number of hydrogen-bond acceptors (Lipinski definition) is 11. The van der Waals surface area contributed by atoms with Crippen molar-refractivity contribution in [3.63, 3.8) is 0 Å². The van der Waals surface area contributed by atoms with Crippen LogP contribution in [0.3, 0.4) is 0 Å². The minimum absolute atomic E-state index is 0.0178. The fourth-order valence-electron chi connectivity index (χ4n) is 6.03. The number of alkyl halides is 6. The molecule has 1 aliphatic carbocycles. The van der Waals surface area contributed by atoms with Gasteiger partial charge in [-0.3, -0.25) is 24.2 Å². The summed E-state index contributed by atoms with van der Waals surface area (Å²) in [5.74, 6) is -4.72. The van der Waals surface area contributed by atoms with Crippen LogP contribution in [0.25, 0.3) is 0 Å². The second-order valence-corrected chi connectivity index (χ2v) is 13.5. The van der Waals surface area contributed by atoms with Crippen LogP contribution in [-0.2, 0) is 27.2 Å². The molecule has 20 heteroatoms. The Hall–Kier alpha value is -5.59. The van der Waals surface area contributed by atoms with Gasteiger partial charge in [0, 0.05) is 43.0 Å².